The molecule has 180 valence electrons. The number of amides is 1. The van der Waals surface area contributed by atoms with Gasteiger partial charge in [-0.25, -0.2) is 5.43 Å². The Bertz CT molecular complexity index is 1050. The number of nitrogens with zero attached hydrogens (tertiary/aromatic N) is 7. The van der Waals surface area contributed by atoms with Crippen LogP contribution in [-0.2, 0) is 22.0 Å². The van der Waals surface area contributed by atoms with Crippen molar-refractivity contribution in [3.8, 4) is 0 Å². The van der Waals surface area contributed by atoms with Gasteiger partial charge >= 0.3 is 0 Å². The van der Waals surface area contributed by atoms with Gasteiger partial charge in [0, 0.05) is 74.3 Å². The highest BCUT2D eigenvalue weighted by Crippen LogP contribution is 2.31. The Kier molecular flexibility index (Phi) is 7.00. The number of aromatic nitrogens is 2. The second kappa shape index (κ2) is 10.5. The molecule has 0 aliphatic carbocycles. The van der Waals surface area contributed by atoms with Crippen molar-refractivity contribution in [3.63, 3.8) is 0 Å². The number of benzene rings is 1. The minimum absolute atomic E-state index is 0.473. The molecular formula is C23H30N8O2S. The Morgan fingerprint density at radius 3 is 2.41 bits per heavy atom. The van der Waals surface area contributed by atoms with Crippen LogP contribution in [-0.4, -0.2) is 95.7 Å². The van der Waals surface area contributed by atoms with E-state index in [2.05, 4.69) is 44.5 Å². The van der Waals surface area contributed by atoms with Crippen LogP contribution < -0.4 is 20.2 Å². The quantitative estimate of drug-likeness (QED) is 0.562. The predicted molar refractivity (Wildman–Crippen MR) is 135 cm³/mol. The number of fused-ring (bicyclic) bond motifs is 1. The number of rotatable bonds is 7. The third-order valence-electron chi connectivity index (χ3n) is 6.38. The Balaban J connectivity index is 1.41. The van der Waals surface area contributed by atoms with E-state index in [0.717, 1.165) is 36.6 Å². The van der Waals surface area contributed by atoms with Crippen LogP contribution >= 0.6 is 0 Å². The summed E-state index contributed by atoms with van der Waals surface area (Å²) >= 11 is 0. The summed E-state index contributed by atoms with van der Waals surface area (Å²) in [6.07, 6.45) is 3.66. The van der Waals surface area contributed by atoms with Gasteiger partial charge in [-0.2, -0.15) is 9.97 Å². The van der Waals surface area contributed by atoms with Crippen LogP contribution in [0.1, 0.15) is 11.1 Å². The van der Waals surface area contributed by atoms with E-state index in [4.69, 9.17) is 9.97 Å². The van der Waals surface area contributed by atoms with E-state index in [1.54, 1.807) is 4.90 Å². The molecule has 0 unspecified atom stereocenters. The summed E-state index contributed by atoms with van der Waals surface area (Å²) in [5.41, 5.74) is 5.66. The Morgan fingerprint density at radius 2 is 1.68 bits per heavy atom. The van der Waals surface area contributed by atoms with Gasteiger partial charge in [0.05, 0.1) is 5.56 Å². The predicted octanol–water partition coefficient (Wildman–Crippen LogP) is 0.267. The molecule has 2 aromatic rings. The maximum atomic E-state index is 12.0. The summed E-state index contributed by atoms with van der Waals surface area (Å²) in [6.45, 7) is 5.32. The highest BCUT2D eigenvalue weighted by atomic mass is 32.2. The maximum Gasteiger partial charge on any atom is 0.229 e. The normalized spacial score (nSPS) is 18.8. The van der Waals surface area contributed by atoms with Crippen molar-refractivity contribution in [2.45, 2.75) is 6.42 Å². The number of hydrogen-bond acceptors (Lipinski definition) is 9. The molecule has 1 aromatic carbocycles. The van der Waals surface area contributed by atoms with Gasteiger partial charge in [0.1, 0.15) is 12.5 Å². The van der Waals surface area contributed by atoms with E-state index in [1.165, 1.54) is 5.56 Å². The Hall–Kier alpha value is -3.05. The van der Waals surface area contributed by atoms with Crippen molar-refractivity contribution in [3.05, 3.63) is 41.5 Å². The topological polar surface area (TPSA) is 97.3 Å². The van der Waals surface area contributed by atoms with E-state index >= 15 is 0 Å². The molecule has 1 amide bonds. The van der Waals surface area contributed by atoms with E-state index in [1.807, 2.05) is 17.3 Å². The Morgan fingerprint density at radius 1 is 0.941 bits per heavy atom. The molecule has 5 rings (SSSR count). The SMILES string of the molecule is O=CN1CCN(c2nc(N3CCS(=O)CC3)c3c(n2)N(NCCc2ccccc2)CN=C3)CC1. The van der Waals surface area contributed by atoms with E-state index in [-0.39, 0.29) is 0 Å². The molecule has 0 spiro atoms. The molecule has 34 heavy (non-hydrogen) atoms. The van der Waals surface area contributed by atoms with Crippen LogP contribution in [0.15, 0.2) is 35.3 Å². The number of carbonyl (C=O) groups is 1. The minimum atomic E-state index is -0.771. The zero-order chi connectivity index (χ0) is 23.3. The second-order valence-electron chi connectivity index (χ2n) is 8.57. The van der Waals surface area contributed by atoms with Crippen molar-refractivity contribution >= 4 is 41.0 Å². The van der Waals surface area contributed by atoms with E-state index < -0.39 is 10.8 Å². The largest absolute Gasteiger partial charge is 0.354 e. The lowest BCUT2D eigenvalue weighted by molar-refractivity contribution is -0.118. The van der Waals surface area contributed by atoms with E-state index in [0.29, 0.717) is 63.4 Å². The molecule has 1 aromatic heterocycles. The number of piperazine rings is 1. The first-order valence-electron chi connectivity index (χ1n) is 11.7. The van der Waals surface area contributed by atoms with Crippen molar-refractivity contribution in [1.29, 1.82) is 0 Å². The Labute approximate surface area is 202 Å². The van der Waals surface area contributed by atoms with Crippen LogP contribution in [0.25, 0.3) is 0 Å². The first-order chi connectivity index (χ1) is 16.7. The standard InChI is InChI=1S/C23H30N8O2S/c32-18-28-8-10-30(11-9-28)23-26-21(29-12-14-34(33)15-13-29)20-16-24-17-31(22(20)27-23)25-7-6-19-4-2-1-3-5-19/h1-5,16,18,25H,6-15,17H2. The van der Waals surface area contributed by atoms with Crippen molar-refractivity contribution in [2.24, 2.45) is 4.99 Å². The molecule has 0 bridgehead atoms. The monoisotopic (exact) mass is 482 g/mol. The smallest absolute Gasteiger partial charge is 0.229 e. The summed E-state index contributed by atoms with van der Waals surface area (Å²) < 4.78 is 12.0. The van der Waals surface area contributed by atoms with Crippen molar-refractivity contribution in [2.75, 3.05) is 78.8 Å². The highest BCUT2D eigenvalue weighted by molar-refractivity contribution is 7.85. The van der Waals surface area contributed by atoms with Gasteiger partial charge in [0.2, 0.25) is 12.4 Å². The summed E-state index contributed by atoms with van der Waals surface area (Å²) in [5, 5.41) is 2.00. The van der Waals surface area contributed by atoms with Crippen LogP contribution in [0.5, 0.6) is 0 Å². The fourth-order valence-corrected chi connectivity index (χ4v) is 5.45. The number of carbonyl (C=O) groups excluding carboxylic acids is 1. The lowest BCUT2D eigenvalue weighted by Crippen LogP contribution is -2.47. The summed E-state index contributed by atoms with van der Waals surface area (Å²) in [7, 11) is -0.771. The van der Waals surface area contributed by atoms with Crippen LogP contribution in [0.2, 0.25) is 0 Å². The number of nitrogens with one attached hydrogen (secondary N) is 1. The molecule has 0 saturated carbocycles. The molecule has 11 heteroatoms. The maximum absolute atomic E-state index is 12.0. The molecule has 0 radical (unpaired) electrons. The third kappa shape index (κ3) is 5.05. The van der Waals surface area contributed by atoms with Crippen LogP contribution in [0.3, 0.4) is 0 Å². The molecule has 2 fully saturated rings. The van der Waals surface area contributed by atoms with Crippen LogP contribution in [0, 0.1) is 0 Å². The molecule has 3 aliphatic rings. The number of aliphatic imine (C=N–C) groups is 1. The number of hydrogen-bond donors (Lipinski definition) is 1. The van der Waals surface area contributed by atoms with Crippen molar-refractivity contribution in [1.82, 2.24) is 20.3 Å². The first kappa shape index (κ1) is 22.7. The average molecular weight is 483 g/mol. The lowest BCUT2D eigenvalue weighted by atomic mass is 10.1. The minimum Gasteiger partial charge on any atom is -0.354 e. The van der Waals surface area contributed by atoms with Gasteiger partial charge in [0.15, 0.2) is 5.82 Å². The molecule has 4 heterocycles. The van der Waals surface area contributed by atoms with Crippen molar-refractivity contribution < 1.29 is 9.00 Å². The lowest BCUT2D eigenvalue weighted by Gasteiger charge is -2.36. The van der Waals surface area contributed by atoms with Gasteiger partial charge < -0.3 is 14.7 Å². The fraction of sp³-hybridized carbons (Fsp3) is 0.478. The number of anilines is 3. The average Bonchev–Trinajstić information content (AvgIpc) is 2.89. The van der Waals surface area contributed by atoms with Gasteiger partial charge in [-0.05, 0) is 12.0 Å². The molecular weight excluding hydrogens is 452 g/mol. The highest BCUT2D eigenvalue weighted by Gasteiger charge is 2.28. The molecule has 0 atom stereocenters. The van der Waals surface area contributed by atoms with E-state index in [9.17, 15) is 9.00 Å². The molecule has 1 N–H and O–H groups in total. The zero-order valence-electron chi connectivity index (χ0n) is 19.2. The van der Waals surface area contributed by atoms with Crippen LogP contribution in [0.4, 0.5) is 17.6 Å². The van der Waals surface area contributed by atoms with Gasteiger partial charge in [-0.15, -0.1) is 0 Å². The second-order valence-corrected chi connectivity index (χ2v) is 10.3. The summed E-state index contributed by atoms with van der Waals surface area (Å²) in [4.78, 5) is 31.8. The zero-order valence-corrected chi connectivity index (χ0v) is 20.0. The van der Waals surface area contributed by atoms with Gasteiger partial charge in [-0.1, -0.05) is 30.3 Å². The molecule has 10 nitrogen and oxygen atoms in total. The number of hydrazine groups is 1. The summed E-state index contributed by atoms with van der Waals surface area (Å²) in [5.74, 6) is 3.60. The molecule has 2 saturated heterocycles. The molecule has 3 aliphatic heterocycles. The van der Waals surface area contributed by atoms with Gasteiger partial charge in [0.25, 0.3) is 0 Å². The first-order valence-corrected chi connectivity index (χ1v) is 13.2. The third-order valence-corrected chi connectivity index (χ3v) is 7.65. The summed E-state index contributed by atoms with van der Waals surface area (Å²) in [6, 6.07) is 10.4. The van der Waals surface area contributed by atoms with Gasteiger partial charge in [-0.3, -0.25) is 19.0 Å². The fourth-order valence-electron chi connectivity index (χ4n) is 4.40.